The number of rotatable bonds is 8. The van der Waals surface area contributed by atoms with E-state index in [-0.39, 0.29) is 29.6 Å². The molecule has 2 heterocycles. The smallest absolute Gasteiger partial charge is 0.335 e. The van der Waals surface area contributed by atoms with E-state index in [2.05, 4.69) is 12.2 Å². The largest absolute Gasteiger partial charge is 0.478 e. The maximum Gasteiger partial charge on any atom is 0.335 e. The quantitative estimate of drug-likeness (QED) is 0.488. The van der Waals surface area contributed by atoms with Gasteiger partial charge >= 0.3 is 5.97 Å². The van der Waals surface area contributed by atoms with Gasteiger partial charge in [0.15, 0.2) is 5.78 Å². The zero-order valence-electron chi connectivity index (χ0n) is 22.2. The number of piperidine rings is 2. The van der Waals surface area contributed by atoms with Crippen molar-refractivity contribution in [1.82, 2.24) is 10.2 Å². The highest BCUT2D eigenvalue weighted by atomic mass is 16.4. The lowest BCUT2D eigenvalue weighted by Gasteiger charge is -2.46. The van der Waals surface area contributed by atoms with Crippen LogP contribution in [0.2, 0.25) is 0 Å². The summed E-state index contributed by atoms with van der Waals surface area (Å²) in [5.41, 5.74) is 9.87. The predicted octanol–water partition coefficient (Wildman–Crippen LogP) is 4.00. The van der Waals surface area contributed by atoms with Crippen LogP contribution in [0, 0.1) is 17.8 Å². The lowest BCUT2D eigenvalue weighted by molar-refractivity contribution is -0.126. The van der Waals surface area contributed by atoms with E-state index in [9.17, 15) is 19.5 Å². The van der Waals surface area contributed by atoms with E-state index in [1.807, 2.05) is 23.1 Å². The fourth-order valence-corrected chi connectivity index (χ4v) is 6.64. The average Bonchev–Trinajstić information content (AvgIpc) is 3.78. The number of hydrogen-bond acceptors (Lipinski definition) is 5. The molecule has 2 aromatic rings. The molecular weight excluding hydrogens is 478 g/mol. The number of aromatic carboxylic acids is 1. The van der Waals surface area contributed by atoms with Gasteiger partial charge in [0.2, 0.25) is 0 Å². The number of hydrogen-bond donors (Lipinski definition) is 3. The second kappa shape index (κ2) is 11.4. The second-order valence-corrected chi connectivity index (χ2v) is 11.5. The van der Waals surface area contributed by atoms with Crippen LogP contribution in [0.1, 0.15) is 82.4 Å². The van der Waals surface area contributed by atoms with Crippen molar-refractivity contribution in [1.29, 1.82) is 0 Å². The Labute approximate surface area is 224 Å². The minimum Gasteiger partial charge on any atom is -0.478 e. The van der Waals surface area contributed by atoms with Crippen LogP contribution >= 0.6 is 0 Å². The van der Waals surface area contributed by atoms with E-state index < -0.39 is 12.0 Å². The SMILES string of the molecule is C[C@@H]1C[C@H](C2CCNCC2)CN(C(=O)c2ccc(CN)c(C3CC3)c2)[C@@H]1C(=O)Cc1ccc(C(=O)O)cc1. The maximum absolute atomic E-state index is 14.1. The van der Waals surface area contributed by atoms with Crippen molar-refractivity contribution in [3.05, 3.63) is 70.3 Å². The molecule has 202 valence electrons. The van der Waals surface area contributed by atoms with Crippen molar-refractivity contribution in [3.8, 4) is 0 Å². The Balaban J connectivity index is 1.42. The van der Waals surface area contributed by atoms with Gasteiger partial charge in [-0.15, -0.1) is 0 Å². The number of carboxylic acids is 1. The number of amides is 1. The number of carbonyl (C=O) groups excluding carboxylic acids is 2. The summed E-state index contributed by atoms with van der Waals surface area (Å²) in [6, 6.07) is 11.8. The summed E-state index contributed by atoms with van der Waals surface area (Å²) in [4.78, 5) is 41.0. The summed E-state index contributed by atoms with van der Waals surface area (Å²) in [6.45, 7) is 5.17. The molecule has 3 fully saturated rings. The topological polar surface area (TPSA) is 113 Å². The van der Waals surface area contributed by atoms with Crippen molar-refractivity contribution >= 4 is 17.7 Å². The standard InChI is InChI=1S/C31H39N3O4/c1-19-14-26(21-10-12-33-13-11-21)18-34(29(19)28(35)15-20-2-4-23(5-3-20)31(37)38)30(36)24-8-9-25(17-32)27(16-24)22-6-7-22/h2-5,8-9,16,19,21-22,26,29,33H,6-7,10-15,17-18,32H2,1H3,(H,37,38)/t19-,26+,29+/m1/s1. The maximum atomic E-state index is 14.1. The molecule has 1 saturated carbocycles. The molecule has 3 aliphatic rings. The molecule has 1 aliphatic carbocycles. The normalized spacial score (nSPS) is 24.3. The first-order chi connectivity index (χ1) is 18.4. The fraction of sp³-hybridized carbons (Fsp3) is 0.516. The summed E-state index contributed by atoms with van der Waals surface area (Å²) < 4.78 is 0. The van der Waals surface area contributed by atoms with E-state index in [4.69, 9.17) is 5.73 Å². The van der Waals surface area contributed by atoms with E-state index in [1.165, 1.54) is 17.7 Å². The molecule has 5 rings (SSSR count). The third-order valence-corrected chi connectivity index (χ3v) is 8.83. The molecule has 7 heteroatoms. The van der Waals surface area contributed by atoms with Crippen LogP contribution in [0.3, 0.4) is 0 Å². The predicted molar refractivity (Wildman–Crippen MR) is 146 cm³/mol. The van der Waals surface area contributed by atoms with Crippen LogP contribution in [0.5, 0.6) is 0 Å². The lowest BCUT2D eigenvalue weighted by atomic mass is 9.73. The molecule has 1 amide bonds. The van der Waals surface area contributed by atoms with Gasteiger partial charge in [-0.25, -0.2) is 4.79 Å². The second-order valence-electron chi connectivity index (χ2n) is 11.5. The summed E-state index contributed by atoms with van der Waals surface area (Å²) >= 11 is 0. The summed E-state index contributed by atoms with van der Waals surface area (Å²) in [6.07, 6.45) is 5.57. The Bertz CT molecular complexity index is 1180. The third kappa shape index (κ3) is 5.69. The Morgan fingerprint density at radius 2 is 1.66 bits per heavy atom. The zero-order chi connectivity index (χ0) is 26.8. The Kier molecular flexibility index (Phi) is 7.96. The third-order valence-electron chi connectivity index (χ3n) is 8.83. The van der Waals surface area contributed by atoms with E-state index >= 15 is 0 Å². The molecule has 3 atom stereocenters. The molecule has 4 N–H and O–H groups in total. The van der Waals surface area contributed by atoms with E-state index in [0.717, 1.165) is 56.3 Å². The van der Waals surface area contributed by atoms with Crippen LogP contribution in [-0.2, 0) is 17.8 Å². The monoisotopic (exact) mass is 517 g/mol. The molecule has 2 aromatic carbocycles. The van der Waals surface area contributed by atoms with Gasteiger partial charge in [0, 0.05) is 25.1 Å². The number of nitrogens with zero attached hydrogens (tertiary/aromatic N) is 1. The van der Waals surface area contributed by atoms with Crippen molar-refractivity contribution in [3.63, 3.8) is 0 Å². The Morgan fingerprint density at radius 3 is 2.29 bits per heavy atom. The number of Topliss-reactive ketones (excluding diaryl/α,β-unsaturated/α-hetero) is 1. The van der Waals surface area contributed by atoms with Crippen LogP contribution < -0.4 is 11.1 Å². The average molecular weight is 518 g/mol. The van der Waals surface area contributed by atoms with Crippen LogP contribution in [0.25, 0.3) is 0 Å². The van der Waals surface area contributed by atoms with Crippen molar-refractivity contribution < 1.29 is 19.5 Å². The van der Waals surface area contributed by atoms with E-state index in [1.54, 1.807) is 12.1 Å². The Morgan fingerprint density at radius 1 is 0.974 bits per heavy atom. The van der Waals surface area contributed by atoms with Crippen LogP contribution in [0.4, 0.5) is 0 Å². The highest BCUT2D eigenvalue weighted by molar-refractivity contribution is 5.99. The van der Waals surface area contributed by atoms with Gasteiger partial charge in [0.05, 0.1) is 11.6 Å². The van der Waals surface area contributed by atoms with Crippen LogP contribution in [0.15, 0.2) is 42.5 Å². The minimum atomic E-state index is -0.990. The highest BCUT2D eigenvalue weighted by Crippen LogP contribution is 2.42. The van der Waals surface area contributed by atoms with Gasteiger partial charge in [-0.1, -0.05) is 25.1 Å². The zero-order valence-corrected chi connectivity index (χ0v) is 22.2. The summed E-state index contributed by atoms with van der Waals surface area (Å²) in [7, 11) is 0. The highest BCUT2D eigenvalue weighted by Gasteiger charge is 2.43. The number of ketones is 1. The lowest BCUT2D eigenvalue weighted by Crippen LogP contribution is -2.56. The number of nitrogens with one attached hydrogen (secondary N) is 1. The fourth-order valence-electron chi connectivity index (χ4n) is 6.64. The van der Waals surface area contributed by atoms with Gasteiger partial charge in [0.25, 0.3) is 5.91 Å². The molecular formula is C31H39N3O4. The van der Waals surface area contributed by atoms with Gasteiger partial charge in [0.1, 0.15) is 0 Å². The molecule has 0 aromatic heterocycles. The molecule has 0 radical (unpaired) electrons. The number of likely N-dealkylation sites (tertiary alicyclic amines) is 1. The van der Waals surface area contributed by atoms with Crippen molar-refractivity contribution in [2.45, 2.75) is 64.0 Å². The number of benzene rings is 2. The minimum absolute atomic E-state index is 0.0127. The van der Waals surface area contributed by atoms with Crippen LogP contribution in [-0.4, -0.2) is 53.3 Å². The molecule has 2 aliphatic heterocycles. The molecule has 38 heavy (non-hydrogen) atoms. The molecule has 0 spiro atoms. The van der Waals surface area contributed by atoms with Gasteiger partial charge in [-0.3, -0.25) is 9.59 Å². The molecule has 2 saturated heterocycles. The van der Waals surface area contributed by atoms with Crippen molar-refractivity contribution in [2.75, 3.05) is 19.6 Å². The first kappa shape index (κ1) is 26.6. The molecule has 0 unspecified atom stereocenters. The number of carbonyl (C=O) groups is 3. The summed E-state index contributed by atoms with van der Waals surface area (Å²) in [5, 5.41) is 12.6. The molecule has 0 bridgehead atoms. The van der Waals surface area contributed by atoms with Gasteiger partial charge in [-0.05, 0) is 110 Å². The van der Waals surface area contributed by atoms with Gasteiger partial charge in [-0.2, -0.15) is 0 Å². The number of carboxylic acid groups (broad SMARTS) is 1. The van der Waals surface area contributed by atoms with E-state index in [0.29, 0.717) is 36.4 Å². The first-order valence-corrected chi connectivity index (χ1v) is 14.0. The molecule has 7 nitrogen and oxygen atoms in total. The number of nitrogens with two attached hydrogens (primary N) is 1. The van der Waals surface area contributed by atoms with Crippen molar-refractivity contribution in [2.24, 2.45) is 23.5 Å². The summed E-state index contributed by atoms with van der Waals surface area (Å²) in [5.74, 6) is 0.409. The van der Waals surface area contributed by atoms with Gasteiger partial charge < -0.3 is 21.1 Å². The Hall–Kier alpha value is -3.03. The first-order valence-electron chi connectivity index (χ1n) is 14.0.